The van der Waals surface area contributed by atoms with Gasteiger partial charge in [-0.3, -0.25) is 4.79 Å². The summed E-state index contributed by atoms with van der Waals surface area (Å²) in [7, 11) is 0. The summed E-state index contributed by atoms with van der Waals surface area (Å²) in [5.74, 6) is -0.322. The van der Waals surface area contributed by atoms with Crippen LogP contribution >= 0.6 is 22.9 Å². The van der Waals surface area contributed by atoms with Gasteiger partial charge in [0.15, 0.2) is 5.15 Å². The smallest absolute Gasteiger partial charge is 0.275 e. The van der Waals surface area contributed by atoms with E-state index in [9.17, 15) is 4.79 Å². The quantitative estimate of drug-likeness (QED) is 0.853. The van der Waals surface area contributed by atoms with Crippen molar-refractivity contribution in [2.24, 2.45) is 5.73 Å². The van der Waals surface area contributed by atoms with Gasteiger partial charge in [-0.15, -0.1) is 11.3 Å². The Bertz CT molecular complexity index is 612. The molecule has 2 aromatic heterocycles. The number of nitrogens with two attached hydrogens (primary N) is 1. The lowest BCUT2D eigenvalue weighted by molar-refractivity contribution is 0.102. The van der Waals surface area contributed by atoms with Gasteiger partial charge in [0, 0.05) is 11.6 Å². The number of hydrogen-bond donors (Lipinski definition) is 2. The predicted octanol–water partition coefficient (Wildman–Crippen LogP) is 2.77. The van der Waals surface area contributed by atoms with Crippen LogP contribution in [0.25, 0.3) is 0 Å². The minimum atomic E-state index is -0.322. The highest BCUT2D eigenvalue weighted by atomic mass is 35.5. The Kier molecular flexibility index (Phi) is 4.14. The third kappa shape index (κ3) is 3.28. The zero-order valence-corrected chi connectivity index (χ0v) is 12.0. The van der Waals surface area contributed by atoms with Crippen molar-refractivity contribution >= 4 is 34.5 Å². The lowest BCUT2D eigenvalue weighted by Gasteiger charge is -2.05. The molecule has 7 heteroatoms. The molecule has 100 valence electrons. The molecule has 0 saturated heterocycles. The molecule has 0 bridgehead atoms. The number of pyridine rings is 1. The summed E-state index contributed by atoms with van der Waals surface area (Å²) in [5.41, 5.74) is 7.42. The molecule has 0 spiro atoms. The second-order valence-corrected chi connectivity index (χ2v) is 5.41. The van der Waals surface area contributed by atoms with E-state index in [0.717, 1.165) is 10.6 Å². The van der Waals surface area contributed by atoms with Gasteiger partial charge in [0.2, 0.25) is 0 Å². The number of aromatic nitrogens is 2. The topological polar surface area (TPSA) is 80.9 Å². The third-order valence-corrected chi connectivity index (χ3v) is 3.71. The maximum Gasteiger partial charge on any atom is 0.275 e. The Morgan fingerprint density at radius 3 is 2.95 bits per heavy atom. The molecule has 0 aliphatic heterocycles. The number of hydrogen-bond acceptors (Lipinski definition) is 5. The van der Waals surface area contributed by atoms with Crippen LogP contribution in [0.2, 0.25) is 5.15 Å². The zero-order chi connectivity index (χ0) is 14.0. The SMILES string of the molecule is Cc1cnc(Cl)c(NC(=O)c2csc(C(C)N)n2)c1. The van der Waals surface area contributed by atoms with Crippen LogP contribution in [-0.4, -0.2) is 15.9 Å². The number of anilines is 1. The van der Waals surface area contributed by atoms with Gasteiger partial charge in [0.1, 0.15) is 10.7 Å². The number of rotatable bonds is 3. The van der Waals surface area contributed by atoms with Crippen LogP contribution < -0.4 is 11.1 Å². The molecule has 0 aliphatic carbocycles. The number of amides is 1. The summed E-state index contributed by atoms with van der Waals surface area (Å²) in [4.78, 5) is 20.2. The van der Waals surface area contributed by atoms with E-state index in [4.69, 9.17) is 17.3 Å². The van der Waals surface area contributed by atoms with Gasteiger partial charge in [0.25, 0.3) is 5.91 Å². The van der Waals surface area contributed by atoms with Crippen LogP contribution in [0.4, 0.5) is 5.69 Å². The second kappa shape index (κ2) is 5.64. The van der Waals surface area contributed by atoms with Gasteiger partial charge in [-0.2, -0.15) is 0 Å². The van der Waals surface area contributed by atoms with Crippen LogP contribution in [-0.2, 0) is 0 Å². The fraction of sp³-hybridized carbons (Fsp3) is 0.250. The number of nitrogens with one attached hydrogen (secondary N) is 1. The largest absolute Gasteiger partial charge is 0.322 e. The number of carbonyl (C=O) groups excluding carboxylic acids is 1. The van der Waals surface area contributed by atoms with Crippen molar-refractivity contribution < 1.29 is 4.79 Å². The first-order valence-electron chi connectivity index (χ1n) is 5.62. The van der Waals surface area contributed by atoms with Gasteiger partial charge in [-0.25, -0.2) is 9.97 Å². The number of thiazole rings is 1. The van der Waals surface area contributed by atoms with E-state index >= 15 is 0 Å². The van der Waals surface area contributed by atoms with Crippen molar-refractivity contribution in [3.05, 3.63) is 39.1 Å². The van der Waals surface area contributed by atoms with Gasteiger partial charge in [0.05, 0.1) is 11.7 Å². The van der Waals surface area contributed by atoms with Crippen molar-refractivity contribution in [2.45, 2.75) is 19.9 Å². The molecular formula is C12H13ClN4OS. The highest BCUT2D eigenvalue weighted by Crippen LogP contribution is 2.21. The van der Waals surface area contributed by atoms with Crippen LogP contribution in [0.5, 0.6) is 0 Å². The van der Waals surface area contributed by atoms with Crippen LogP contribution in [0.3, 0.4) is 0 Å². The number of carbonyl (C=O) groups is 1. The van der Waals surface area contributed by atoms with Crippen molar-refractivity contribution in [3.63, 3.8) is 0 Å². The molecule has 2 heterocycles. The monoisotopic (exact) mass is 296 g/mol. The molecule has 5 nitrogen and oxygen atoms in total. The molecule has 0 saturated carbocycles. The van der Waals surface area contributed by atoms with Gasteiger partial charge < -0.3 is 11.1 Å². The number of aryl methyl sites for hydroxylation is 1. The summed E-state index contributed by atoms with van der Waals surface area (Å²) >= 11 is 7.28. The van der Waals surface area contributed by atoms with Crippen LogP contribution in [0.15, 0.2) is 17.6 Å². The minimum Gasteiger partial charge on any atom is -0.322 e. The molecular weight excluding hydrogens is 284 g/mol. The maximum atomic E-state index is 12.0. The minimum absolute atomic E-state index is 0.184. The van der Waals surface area contributed by atoms with Crippen molar-refractivity contribution in [1.82, 2.24) is 9.97 Å². The summed E-state index contributed by atoms with van der Waals surface area (Å²) in [6.45, 7) is 3.69. The highest BCUT2D eigenvalue weighted by Gasteiger charge is 2.14. The fourth-order valence-electron chi connectivity index (χ4n) is 1.43. The number of nitrogens with zero attached hydrogens (tertiary/aromatic N) is 2. The summed E-state index contributed by atoms with van der Waals surface area (Å²) in [6.07, 6.45) is 1.63. The summed E-state index contributed by atoms with van der Waals surface area (Å²) in [6, 6.07) is 1.57. The fourth-order valence-corrected chi connectivity index (χ4v) is 2.34. The maximum absolute atomic E-state index is 12.0. The van der Waals surface area contributed by atoms with E-state index in [2.05, 4.69) is 15.3 Å². The molecule has 19 heavy (non-hydrogen) atoms. The van der Waals surface area contributed by atoms with Crippen molar-refractivity contribution in [2.75, 3.05) is 5.32 Å². The summed E-state index contributed by atoms with van der Waals surface area (Å²) < 4.78 is 0. The normalized spacial score (nSPS) is 12.2. The lowest BCUT2D eigenvalue weighted by atomic mass is 10.3. The van der Waals surface area contributed by atoms with Gasteiger partial charge in [-0.05, 0) is 25.5 Å². The zero-order valence-electron chi connectivity index (χ0n) is 10.5. The Morgan fingerprint density at radius 1 is 1.58 bits per heavy atom. The predicted molar refractivity (Wildman–Crippen MR) is 76.7 cm³/mol. The van der Waals surface area contributed by atoms with E-state index in [1.54, 1.807) is 17.6 Å². The standard InChI is InChI=1S/C12H13ClN4OS/c1-6-3-8(10(13)15-4-6)16-11(18)9-5-19-12(17-9)7(2)14/h3-5,7H,14H2,1-2H3,(H,16,18). The third-order valence-electron chi connectivity index (χ3n) is 2.37. The van der Waals surface area contributed by atoms with Gasteiger partial charge >= 0.3 is 0 Å². The first kappa shape index (κ1) is 13.9. The van der Waals surface area contributed by atoms with Crippen molar-refractivity contribution in [3.8, 4) is 0 Å². The Hall–Kier alpha value is -1.50. The molecule has 0 aromatic carbocycles. The molecule has 3 N–H and O–H groups in total. The molecule has 1 atom stereocenters. The van der Waals surface area contributed by atoms with Crippen LogP contribution in [0, 0.1) is 6.92 Å². The highest BCUT2D eigenvalue weighted by molar-refractivity contribution is 7.09. The van der Waals surface area contributed by atoms with E-state index in [1.165, 1.54) is 11.3 Å². The molecule has 2 rings (SSSR count). The molecule has 0 aliphatic rings. The van der Waals surface area contributed by atoms with E-state index in [0.29, 0.717) is 11.4 Å². The Morgan fingerprint density at radius 2 is 2.32 bits per heavy atom. The van der Waals surface area contributed by atoms with E-state index in [-0.39, 0.29) is 17.1 Å². The molecule has 1 amide bonds. The molecule has 2 aromatic rings. The number of halogens is 1. The molecule has 1 unspecified atom stereocenters. The Balaban J connectivity index is 2.18. The van der Waals surface area contributed by atoms with Crippen molar-refractivity contribution in [1.29, 1.82) is 0 Å². The van der Waals surface area contributed by atoms with E-state index in [1.807, 2.05) is 13.8 Å². The lowest BCUT2D eigenvalue weighted by Crippen LogP contribution is -2.14. The average Bonchev–Trinajstić information content (AvgIpc) is 2.83. The Labute approximate surface area is 119 Å². The van der Waals surface area contributed by atoms with E-state index < -0.39 is 0 Å². The molecule has 0 radical (unpaired) electrons. The molecule has 0 fully saturated rings. The van der Waals surface area contributed by atoms with Crippen LogP contribution in [0.1, 0.15) is 34.0 Å². The average molecular weight is 297 g/mol. The summed E-state index contributed by atoms with van der Waals surface area (Å²) in [5, 5.41) is 5.33. The van der Waals surface area contributed by atoms with Gasteiger partial charge in [-0.1, -0.05) is 11.6 Å². The first-order valence-corrected chi connectivity index (χ1v) is 6.87. The first-order chi connectivity index (χ1) is 8.97. The second-order valence-electron chi connectivity index (χ2n) is 4.16.